The second-order valence-corrected chi connectivity index (χ2v) is 11.6. The van der Waals surface area contributed by atoms with Gasteiger partial charge in [0.05, 0.1) is 0 Å². The first-order chi connectivity index (χ1) is 20.1. The lowest BCUT2D eigenvalue weighted by Crippen LogP contribution is -2.00. The van der Waals surface area contributed by atoms with Crippen LogP contribution in [0.25, 0.3) is 17.2 Å². The Labute approximate surface area is 251 Å². The van der Waals surface area contributed by atoms with Gasteiger partial charge in [0.2, 0.25) is 0 Å². The number of rotatable bonds is 18. The van der Waals surface area contributed by atoms with Crippen LogP contribution >= 0.6 is 0 Å². The zero-order valence-corrected chi connectivity index (χ0v) is 26.7. The zero-order chi connectivity index (χ0) is 29.3. The fraction of sp³-hybridized carbons (Fsp3) is 0.487. The van der Waals surface area contributed by atoms with Gasteiger partial charge in [0.1, 0.15) is 5.69 Å². The lowest BCUT2D eigenvalue weighted by Gasteiger charge is -2.14. The molecular formula is C39H55N2+. The standard InChI is InChI=1S/C39H55N2/c1-6-10-13-16-21-34-26-25-33(30-36(34)20-12-8-3)27-28-41(9-4)40-37-29-32(5)38(24-19-14-11-7-2)39(31-37)35-22-17-15-18-23-35/h15,17-18,22-23,25-31H,6-14,16,19-21,24H2,1-5H3/q+1. The van der Waals surface area contributed by atoms with Gasteiger partial charge in [-0.25, -0.2) is 0 Å². The number of azo groups is 2. The maximum Gasteiger partial charge on any atom is 0.196 e. The summed E-state index contributed by atoms with van der Waals surface area (Å²) in [5, 5.41) is 5.08. The van der Waals surface area contributed by atoms with E-state index in [1.165, 1.54) is 110 Å². The van der Waals surface area contributed by atoms with E-state index in [9.17, 15) is 0 Å². The Bertz CT molecular complexity index is 1240. The highest BCUT2D eigenvalue weighted by Crippen LogP contribution is 2.32. The number of benzene rings is 3. The average molecular weight is 552 g/mol. The van der Waals surface area contributed by atoms with Crippen LogP contribution in [0.15, 0.2) is 72.0 Å². The van der Waals surface area contributed by atoms with Crippen LogP contribution in [0.3, 0.4) is 0 Å². The minimum Gasteiger partial charge on any atom is -0.0910 e. The van der Waals surface area contributed by atoms with Crippen LogP contribution in [0.4, 0.5) is 5.69 Å². The highest BCUT2D eigenvalue weighted by molar-refractivity contribution is 5.72. The van der Waals surface area contributed by atoms with Crippen LogP contribution < -0.4 is 0 Å². The van der Waals surface area contributed by atoms with Crippen molar-refractivity contribution in [3.05, 3.63) is 94.7 Å². The molecule has 0 aliphatic rings. The van der Waals surface area contributed by atoms with E-state index in [4.69, 9.17) is 5.11 Å². The molecule has 3 rings (SSSR count). The summed E-state index contributed by atoms with van der Waals surface area (Å²) in [4.78, 5) is 0. The quantitative estimate of drug-likeness (QED) is 0.0848. The summed E-state index contributed by atoms with van der Waals surface area (Å²) in [6, 6.07) is 22.5. The molecule has 0 atom stereocenters. The van der Waals surface area contributed by atoms with Crippen LogP contribution in [0.1, 0.15) is 120 Å². The fourth-order valence-corrected chi connectivity index (χ4v) is 5.66. The zero-order valence-electron chi connectivity index (χ0n) is 26.7. The average Bonchev–Trinajstić information content (AvgIpc) is 3.00. The summed E-state index contributed by atoms with van der Waals surface area (Å²) in [5.41, 5.74) is 10.8. The molecule has 0 saturated carbocycles. The molecule has 2 nitrogen and oxygen atoms in total. The van der Waals surface area contributed by atoms with Crippen LogP contribution in [0, 0.1) is 6.92 Å². The maximum absolute atomic E-state index is 5.08. The maximum atomic E-state index is 5.08. The first-order valence-corrected chi connectivity index (χ1v) is 16.6. The van der Waals surface area contributed by atoms with Gasteiger partial charge in [-0.3, -0.25) is 0 Å². The number of unbranched alkanes of at least 4 members (excludes halogenated alkanes) is 7. The highest BCUT2D eigenvalue weighted by atomic mass is 15.2. The van der Waals surface area contributed by atoms with Gasteiger partial charge >= 0.3 is 0 Å². The van der Waals surface area contributed by atoms with Crippen molar-refractivity contribution in [2.24, 2.45) is 5.11 Å². The third-order valence-corrected chi connectivity index (χ3v) is 8.16. The molecular weight excluding hydrogens is 496 g/mol. The van der Waals surface area contributed by atoms with E-state index in [1.807, 2.05) is 0 Å². The third kappa shape index (κ3) is 10.7. The first-order valence-electron chi connectivity index (χ1n) is 16.6. The molecule has 41 heavy (non-hydrogen) atoms. The monoisotopic (exact) mass is 551 g/mol. The molecule has 0 radical (unpaired) electrons. The number of aryl methyl sites for hydroxylation is 3. The fourth-order valence-electron chi connectivity index (χ4n) is 5.66. The largest absolute Gasteiger partial charge is 0.196 e. The van der Waals surface area contributed by atoms with E-state index in [1.54, 1.807) is 5.56 Å². The second kappa shape index (κ2) is 18.4. The van der Waals surface area contributed by atoms with Gasteiger partial charge in [0, 0.05) is 6.08 Å². The molecule has 0 unspecified atom stereocenters. The summed E-state index contributed by atoms with van der Waals surface area (Å²) in [6.07, 6.45) is 20.8. The molecule has 0 N–H and O–H groups in total. The SMILES string of the molecule is CCCCCCc1ccc(C=C[N+](CC)=Nc2cc(C)c(CCCCCC)c(-c3ccccc3)c2)cc1CCCC. The molecule has 0 aliphatic carbocycles. The van der Waals surface area contributed by atoms with Crippen LogP contribution in [-0.4, -0.2) is 11.2 Å². The second-order valence-electron chi connectivity index (χ2n) is 11.6. The lowest BCUT2D eigenvalue weighted by atomic mass is 9.91. The molecule has 3 aromatic rings. The van der Waals surface area contributed by atoms with E-state index < -0.39 is 0 Å². The Morgan fingerprint density at radius 2 is 1.34 bits per heavy atom. The molecule has 0 heterocycles. The van der Waals surface area contributed by atoms with Crippen LogP contribution in [0.5, 0.6) is 0 Å². The smallest absolute Gasteiger partial charge is 0.0910 e. The van der Waals surface area contributed by atoms with Crippen molar-refractivity contribution in [3.63, 3.8) is 0 Å². The van der Waals surface area contributed by atoms with Gasteiger partial charge < -0.3 is 0 Å². The molecule has 3 aromatic carbocycles. The molecule has 0 spiro atoms. The lowest BCUT2D eigenvalue weighted by molar-refractivity contribution is -0.519. The van der Waals surface area contributed by atoms with Crippen molar-refractivity contribution in [2.45, 2.75) is 118 Å². The van der Waals surface area contributed by atoms with Gasteiger partial charge in [-0.05, 0) is 109 Å². The number of nitrogens with zero attached hydrogens (tertiary/aromatic N) is 2. The summed E-state index contributed by atoms with van der Waals surface area (Å²) in [6.45, 7) is 12.1. The topological polar surface area (TPSA) is 15.4 Å². The van der Waals surface area contributed by atoms with E-state index in [-0.39, 0.29) is 0 Å². The molecule has 0 aliphatic heterocycles. The van der Waals surface area contributed by atoms with Crippen LogP contribution in [-0.2, 0) is 19.3 Å². The van der Waals surface area contributed by atoms with Gasteiger partial charge in [-0.15, -0.1) is 0 Å². The molecule has 0 aromatic heterocycles. The van der Waals surface area contributed by atoms with Gasteiger partial charge in [0.25, 0.3) is 0 Å². The minimum atomic E-state index is 0.827. The van der Waals surface area contributed by atoms with Crippen molar-refractivity contribution >= 4 is 11.8 Å². The van der Waals surface area contributed by atoms with Crippen molar-refractivity contribution in [1.29, 1.82) is 0 Å². The minimum absolute atomic E-state index is 0.827. The van der Waals surface area contributed by atoms with E-state index in [2.05, 4.69) is 112 Å². The summed E-state index contributed by atoms with van der Waals surface area (Å²) in [7, 11) is 0. The Morgan fingerprint density at radius 3 is 2.02 bits per heavy atom. The summed E-state index contributed by atoms with van der Waals surface area (Å²) >= 11 is 0. The third-order valence-electron chi connectivity index (χ3n) is 8.16. The summed E-state index contributed by atoms with van der Waals surface area (Å²) in [5.74, 6) is 0. The number of hydrogen-bond donors (Lipinski definition) is 0. The first kappa shape index (κ1) is 32.5. The van der Waals surface area contributed by atoms with Gasteiger partial charge in [-0.1, -0.05) is 119 Å². The normalized spacial score (nSPS) is 12.0. The van der Waals surface area contributed by atoms with Gasteiger partial charge in [-0.2, -0.15) is 0 Å². The van der Waals surface area contributed by atoms with Gasteiger partial charge in [0.15, 0.2) is 12.7 Å². The molecule has 0 amide bonds. The van der Waals surface area contributed by atoms with Crippen molar-refractivity contribution in [1.82, 2.24) is 0 Å². The number of hydrogen-bond acceptors (Lipinski definition) is 1. The Morgan fingerprint density at radius 1 is 0.659 bits per heavy atom. The molecule has 0 bridgehead atoms. The molecule has 220 valence electrons. The predicted molar refractivity (Wildman–Crippen MR) is 179 cm³/mol. The van der Waals surface area contributed by atoms with E-state index >= 15 is 0 Å². The van der Waals surface area contributed by atoms with Crippen molar-refractivity contribution in [3.8, 4) is 11.1 Å². The highest BCUT2D eigenvalue weighted by Gasteiger charge is 2.13. The van der Waals surface area contributed by atoms with Crippen molar-refractivity contribution in [2.75, 3.05) is 6.54 Å². The Kier molecular flexibility index (Phi) is 14.6. The molecule has 0 fully saturated rings. The summed E-state index contributed by atoms with van der Waals surface area (Å²) < 4.78 is 2.08. The van der Waals surface area contributed by atoms with E-state index in [0.29, 0.717) is 0 Å². The molecule has 2 heteroatoms. The van der Waals surface area contributed by atoms with Crippen LogP contribution in [0.2, 0.25) is 0 Å². The van der Waals surface area contributed by atoms with E-state index in [0.717, 1.165) is 18.7 Å². The molecule has 0 saturated heterocycles. The predicted octanol–water partition coefficient (Wildman–Crippen LogP) is 12.0. The Balaban J connectivity index is 1.86. The Hall–Kier alpha value is -3.00. The van der Waals surface area contributed by atoms with Crippen molar-refractivity contribution < 1.29 is 4.70 Å².